The Balaban J connectivity index is 1.70. The lowest BCUT2D eigenvalue weighted by Gasteiger charge is -2.18. The molecular formula is C25H17Cl5F3NO. The highest BCUT2D eigenvalue weighted by Crippen LogP contribution is 2.41. The quantitative estimate of drug-likeness (QED) is 0.196. The molecule has 0 saturated heterocycles. The van der Waals surface area contributed by atoms with Crippen LogP contribution in [0.25, 0.3) is 6.08 Å². The van der Waals surface area contributed by atoms with E-state index in [9.17, 15) is 18.0 Å². The molecule has 0 radical (unpaired) electrons. The summed E-state index contributed by atoms with van der Waals surface area (Å²) in [6.45, 7) is 0. The van der Waals surface area contributed by atoms with E-state index in [4.69, 9.17) is 58.0 Å². The lowest BCUT2D eigenvalue weighted by Crippen LogP contribution is -2.19. The highest BCUT2D eigenvalue weighted by Gasteiger charge is 2.39. The van der Waals surface area contributed by atoms with E-state index < -0.39 is 12.1 Å². The zero-order chi connectivity index (χ0) is 25.8. The van der Waals surface area contributed by atoms with Crippen molar-refractivity contribution in [3.63, 3.8) is 0 Å². The van der Waals surface area contributed by atoms with Crippen LogP contribution in [0.4, 0.5) is 13.2 Å². The minimum absolute atomic E-state index is 0.00228. The van der Waals surface area contributed by atoms with E-state index in [-0.39, 0.29) is 39.3 Å². The monoisotopic (exact) mass is 579 g/mol. The number of aryl methyl sites for hydroxylation is 1. The fourth-order valence-electron chi connectivity index (χ4n) is 3.34. The van der Waals surface area contributed by atoms with Crippen molar-refractivity contribution in [1.29, 1.82) is 0 Å². The van der Waals surface area contributed by atoms with E-state index in [1.807, 2.05) is 0 Å². The number of carbonyl (C=O) groups excluding carboxylic acids is 1. The van der Waals surface area contributed by atoms with Crippen LogP contribution in [0.5, 0.6) is 0 Å². The van der Waals surface area contributed by atoms with Crippen molar-refractivity contribution in [3.05, 3.63) is 102 Å². The molecule has 0 fully saturated rings. The van der Waals surface area contributed by atoms with Crippen LogP contribution in [-0.2, 0) is 17.6 Å². The van der Waals surface area contributed by atoms with Gasteiger partial charge in [0.15, 0.2) is 0 Å². The fourth-order valence-corrected chi connectivity index (χ4v) is 4.35. The number of pyridine rings is 1. The summed E-state index contributed by atoms with van der Waals surface area (Å²) in [6.07, 6.45) is 0.171. The number of carbonyl (C=O) groups is 1. The molecule has 1 aromatic heterocycles. The van der Waals surface area contributed by atoms with Crippen molar-refractivity contribution >= 4 is 69.9 Å². The second-order valence-corrected chi connectivity index (χ2v) is 9.72. The molecule has 0 saturated carbocycles. The second-order valence-electron chi connectivity index (χ2n) is 7.73. The van der Waals surface area contributed by atoms with Gasteiger partial charge in [0.05, 0.1) is 21.0 Å². The van der Waals surface area contributed by atoms with Gasteiger partial charge in [-0.2, -0.15) is 13.2 Å². The zero-order valence-corrected chi connectivity index (χ0v) is 21.6. The van der Waals surface area contributed by atoms with Crippen LogP contribution >= 0.6 is 58.0 Å². The molecule has 1 atom stereocenters. The van der Waals surface area contributed by atoms with E-state index in [0.717, 1.165) is 29.3 Å². The number of rotatable bonds is 8. The summed E-state index contributed by atoms with van der Waals surface area (Å²) in [5, 5.41) is 0.573. The molecule has 0 bridgehead atoms. The van der Waals surface area contributed by atoms with Crippen molar-refractivity contribution < 1.29 is 18.0 Å². The predicted octanol–water partition coefficient (Wildman–Crippen LogP) is 9.45. The molecule has 35 heavy (non-hydrogen) atoms. The lowest BCUT2D eigenvalue weighted by atomic mass is 9.96. The average Bonchev–Trinajstić information content (AvgIpc) is 2.77. The third kappa shape index (κ3) is 7.86. The van der Waals surface area contributed by atoms with Crippen molar-refractivity contribution in [1.82, 2.24) is 4.98 Å². The van der Waals surface area contributed by atoms with Gasteiger partial charge in [0.1, 0.15) is 10.9 Å². The van der Waals surface area contributed by atoms with E-state index in [0.29, 0.717) is 22.2 Å². The van der Waals surface area contributed by atoms with Gasteiger partial charge in [-0.1, -0.05) is 88.4 Å². The van der Waals surface area contributed by atoms with E-state index in [1.165, 1.54) is 6.08 Å². The van der Waals surface area contributed by atoms with Gasteiger partial charge >= 0.3 is 6.18 Å². The van der Waals surface area contributed by atoms with Crippen LogP contribution in [0, 0.1) is 0 Å². The Hall–Kier alpha value is -1.76. The van der Waals surface area contributed by atoms with E-state index in [2.05, 4.69) is 4.98 Å². The average molecular weight is 582 g/mol. The van der Waals surface area contributed by atoms with Gasteiger partial charge in [-0.05, 0) is 52.9 Å². The Labute approximate surface area is 225 Å². The number of aromatic nitrogens is 1. The molecule has 0 aliphatic heterocycles. The van der Waals surface area contributed by atoms with Crippen LogP contribution in [-0.4, -0.2) is 16.9 Å². The summed E-state index contributed by atoms with van der Waals surface area (Å²) < 4.78 is 41.2. The summed E-state index contributed by atoms with van der Waals surface area (Å²) in [6, 6.07) is 10.5. The Kier molecular flexibility index (Phi) is 9.53. The topological polar surface area (TPSA) is 30.0 Å². The van der Waals surface area contributed by atoms with Crippen molar-refractivity contribution in [2.75, 3.05) is 0 Å². The third-order valence-electron chi connectivity index (χ3n) is 5.14. The largest absolute Gasteiger partial charge is 0.399 e. The normalized spacial score (nSPS) is 12.8. The first-order valence-corrected chi connectivity index (χ1v) is 12.1. The molecule has 1 heterocycles. The lowest BCUT2D eigenvalue weighted by molar-refractivity contribution is -0.139. The SMILES string of the molecule is O=C(CCc1ccc(/C=C/C(c2cc(Cl)c(Cl)c(Cl)c2)C(F)(F)F)cc1Cl)Cc1ccc(Cl)nc1. The molecule has 0 spiro atoms. The van der Waals surface area contributed by atoms with Crippen molar-refractivity contribution in [3.8, 4) is 0 Å². The third-order valence-corrected chi connectivity index (χ3v) is 6.91. The first-order valence-electron chi connectivity index (χ1n) is 10.2. The molecule has 3 rings (SSSR count). The zero-order valence-electron chi connectivity index (χ0n) is 17.9. The molecular weight excluding hydrogens is 565 g/mol. The fraction of sp³-hybridized carbons (Fsp3) is 0.200. The molecule has 0 amide bonds. The van der Waals surface area contributed by atoms with E-state index >= 15 is 0 Å². The molecule has 184 valence electrons. The number of nitrogens with zero attached hydrogens (tertiary/aromatic N) is 1. The van der Waals surface area contributed by atoms with Crippen molar-refractivity contribution in [2.45, 2.75) is 31.4 Å². The number of alkyl halides is 3. The summed E-state index contributed by atoms with van der Waals surface area (Å²) in [4.78, 5) is 16.2. The van der Waals surface area contributed by atoms with Gasteiger partial charge < -0.3 is 0 Å². The first-order chi connectivity index (χ1) is 16.4. The van der Waals surface area contributed by atoms with E-state index in [1.54, 1.807) is 36.5 Å². The molecule has 2 nitrogen and oxygen atoms in total. The minimum atomic E-state index is -4.58. The first kappa shape index (κ1) is 27.8. The summed E-state index contributed by atoms with van der Waals surface area (Å²) in [5.74, 6) is -1.95. The Morgan fingerprint density at radius 2 is 1.63 bits per heavy atom. The number of hydrogen-bond donors (Lipinski definition) is 0. The van der Waals surface area contributed by atoms with Crippen molar-refractivity contribution in [2.24, 2.45) is 0 Å². The molecule has 0 aliphatic carbocycles. The maximum absolute atomic E-state index is 13.7. The second kappa shape index (κ2) is 12.0. The van der Waals surface area contributed by atoms with Crippen LogP contribution in [0.3, 0.4) is 0 Å². The van der Waals surface area contributed by atoms with Gasteiger partial charge in [0.2, 0.25) is 0 Å². The number of hydrogen-bond acceptors (Lipinski definition) is 2. The van der Waals surface area contributed by atoms with Gasteiger partial charge in [-0.15, -0.1) is 0 Å². The highest BCUT2D eigenvalue weighted by molar-refractivity contribution is 6.48. The maximum Gasteiger partial charge on any atom is 0.399 e. The summed E-state index contributed by atoms with van der Waals surface area (Å²) in [7, 11) is 0. The standard InChI is InChI=1S/C25H17Cl5F3NO/c26-20-10-14(1-4-16(20)5-6-18(35)9-15-3-8-23(29)34-13-15)2-7-19(25(31,32)33)17-11-21(27)24(30)22(28)12-17/h1-4,7-8,10-13,19H,5-6,9H2/b7-2+. The van der Waals surface area contributed by atoms with Crippen LogP contribution in [0.1, 0.15) is 34.6 Å². The Bertz CT molecular complexity index is 1220. The molecule has 1 unspecified atom stereocenters. The molecule has 3 aromatic rings. The van der Waals surface area contributed by atoms with Crippen LogP contribution in [0.15, 0.2) is 54.7 Å². The minimum Gasteiger partial charge on any atom is -0.299 e. The Morgan fingerprint density at radius 3 is 2.20 bits per heavy atom. The Morgan fingerprint density at radius 1 is 0.943 bits per heavy atom. The van der Waals surface area contributed by atoms with Gasteiger partial charge in [0, 0.05) is 24.1 Å². The smallest absolute Gasteiger partial charge is 0.299 e. The van der Waals surface area contributed by atoms with Crippen LogP contribution in [0.2, 0.25) is 25.2 Å². The summed E-state index contributed by atoms with van der Waals surface area (Å²) in [5.41, 5.74) is 1.81. The van der Waals surface area contributed by atoms with Crippen LogP contribution < -0.4 is 0 Å². The number of allylic oxidation sites excluding steroid dienone is 1. The van der Waals surface area contributed by atoms with Gasteiger partial charge in [0.25, 0.3) is 0 Å². The molecule has 2 aromatic carbocycles. The number of Topliss-reactive ketones (excluding diaryl/α,β-unsaturated/α-hetero) is 1. The number of ketones is 1. The van der Waals surface area contributed by atoms with Gasteiger partial charge in [-0.3, -0.25) is 4.79 Å². The van der Waals surface area contributed by atoms with Gasteiger partial charge in [-0.25, -0.2) is 4.98 Å². The number of halogens is 8. The maximum atomic E-state index is 13.7. The summed E-state index contributed by atoms with van der Waals surface area (Å²) >= 11 is 29.8. The molecule has 0 N–H and O–H groups in total. The number of benzene rings is 2. The highest BCUT2D eigenvalue weighted by atomic mass is 35.5. The predicted molar refractivity (Wildman–Crippen MR) is 137 cm³/mol. The molecule has 10 heteroatoms. The molecule has 0 aliphatic rings.